The fraction of sp³-hybridized carbons (Fsp3) is 0.554. The third-order valence-electron chi connectivity index (χ3n) is 17.8. The fourth-order valence-corrected chi connectivity index (χ4v) is 14.0. The molecule has 27 heteroatoms. The maximum atomic E-state index is 13.6. The van der Waals surface area contributed by atoms with Crippen LogP contribution in [-0.2, 0) is 24.8 Å². The number of sulfonamides is 2. The van der Waals surface area contributed by atoms with Crippen LogP contribution in [0.1, 0.15) is 173 Å². The molecule has 6 aromatic rings. The molecule has 2 saturated heterocycles. The van der Waals surface area contributed by atoms with Gasteiger partial charge in [-0.15, -0.1) is 10.2 Å². The van der Waals surface area contributed by atoms with E-state index in [1.165, 1.54) is 54.6 Å². The van der Waals surface area contributed by atoms with Crippen molar-refractivity contribution in [3.63, 3.8) is 0 Å². The third-order valence-corrected chi connectivity index (χ3v) is 20.6. The van der Waals surface area contributed by atoms with Gasteiger partial charge in [0.05, 0.1) is 24.3 Å². The first-order valence-corrected chi connectivity index (χ1v) is 35.2. The summed E-state index contributed by atoms with van der Waals surface area (Å²) >= 11 is 6.32. The monoisotopic (exact) mass is 1320 g/mol. The van der Waals surface area contributed by atoms with E-state index in [0.717, 1.165) is 70.8 Å². The van der Waals surface area contributed by atoms with E-state index < -0.39 is 37.5 Å². The molecule has 3 aliphatic heterocycles. The van der Waals surface area contributed by atoms with Crippen LogP contribution in [0.5, 0.6) is 11.8 Å². The Morgan fingerprint density at radius 1 is 0.761 bits per heavy atom. The van der Waals surface area contributed by atoms with E-state index in [-0.39, 0.29) is 43.5 Å². The number of carbonyl (C=O) groups is 3. The number of pyridine rings is 4. The molecule has 496 valence electrons. The second kappa shape index (κ2) is 27.2. The number of likely N-dealkylation sites (tertiary alicyclic amines) is 1. The van der Waals surface area contributed by atoms with Crippen LogP contribution >= 0.6 is 11.6 Å². The number of carbonyl (C=O) groups excluding carboxylic acids is 3. The number of hydrogen-bond acceptors (Lipinski definition) is 19. The summed E-state index contributed by atoms with van der Waals surface area (Å²) in [7, 11) is -8.54. The summed E-state index contributed by atoms with van der Waals surface area (Å²) in [6.07, 6.45) is 17.6. The Kier molecular flexibility index (Phi) is 19.9. The highest BCUT2D eigenvalue weighted by molar-refractivity contribution is 7.90. The Balaban J connectivity index is 0.000000204. The molecule has 2 saturated carbocycles. The Morgan fingerprint density at radius 3 is 2.07 bits per heavy atom. The lowest BCUT2D eigenvalue weighted by Gasteiger charge is -2.34. The van der Waals surface area contributed by atoms with Crippen molar-refractivity contribution in [2.45, 2.75) is 179 Å². The molecule has 3 amide bonds. The van der Waals surface area contributed by atoms with Gasteiger partial charge in [-0.2, -0.15) is 16.8 Å². The van der Waals surface area contributed by atoms with Gasteiger partial charge in [-0.1, -0.05) is 50.4 Å². The molecule has 5 aliphatic rings. The first kappa shape index (κ1) is 67.3. The third kappa shape index (κ3) is 17.4. The Hall–Kier alpha value is -7.58. The minimum absolute atomic E-state index is 0.116. The molecule has 92 heavy (non-hydrogen) atoms. The molecule has 2 unspecified atom stereocenters. The van der Waals surface area contributed by atoms with E-state index in [1.807, 2.05) is 30.4 Å². The van der Waals surface area contributed by atoms with Crippen molar-refractivity contribution >= 4 is 67.0 Å². The average Bonchev–Trinajstić information content (AvgIpc) is 1.50. The molecule has 0 aromatic carbocycles. The Morgan fingerprint density at radius 2 is 1.41 bits per heavy atom. The molecule has 2 aliphatic carbocycles. The summed E-state index contributed by atoms with van der Waals surface area (Å²) < 4.78 is 77.3. The molecule has 2 atom stereocenters. The van der Waals surface area contributed by atoms with Gasteiger partial charge in [0.2, 0.25) is 11.8 Å². The van der Waals surface area contributed by atoms with Crippen LogP contribution < -0.4 is 34.5 Å². The lowest BCUT2D eigenvalue weighted by molar-refractivity contribution is 0.0130. The highest BCUT2D eigenvalue weighted by Gasteiger charge is 2.44. The van der Waals surface area contributed by atoms with E-state index in [1.54, 1.807) is 65.6 Å². The van der Waals surface area contributed by atoms with Crippen molar-refractivity contribution in [3.8, 4) is 23.4 Å². The number of halogens is 1. The van der Waals surface area contributed by atoms with Crippen molar-refractivity contribution in [2.75, 3.05) is 54.9 Å². The van der Waals surface area contributed by atoms with Crippen LogP contribution in [0, 0.1) is 22.7 Å². The number of hydrogen-bond donors (Lipinski definition) is 4. The molecular weight excluding hydrogens is 1240 g/mol. The SMILES string of the molecule is CC1(CCOc2ccn(-c3ccc(C(=O)NS(=O)(=O)c4cccc(NCCCCC5CN(C(=O)OC(C)(C)C)C(C)(C)C5)n4)c(Cl)n3)n2)CC1.CC1(CCOc2ccn(-c3ccc4c(n3)N3CC(CCCCNc5cccc(n5)S(=O)(=O)NC4=O)CC3(C)C)n2)CC1. The summed E-state index contributed by atoms with van der Waals surface area (Å²) in [4.78, 5) is 60.9. The first-order valence-electron chi connectivity index (χ1n) is 31.8. The number of fused-ring (bicyclic) bond motifs is 6. The molecule has 6 aromatic heterocycles. The summed E-state index contributed by atoms with van der Waals surface area (Å²) in [6, 6.07) is 19.0. The summed E-state index contributed by atoms with van der Waals surface area (Å²) in [5.41, 5.74) is -0.260. The smallest absolute Gasteiger partial charge is 0.410 e. The van der Waals surface area contributed by atoms with Crippen LogP contribution in [0.25, 0.3) is 11.6 Å². The van der Waals surface area contributed by atoms with Crippen molar-refractivity contribution in [2.24, 2.45) is 22.7 Å². The summed E-state index contributed by atoms with van der Waals surface area (Å²) in [5, 5.41) is 14.6. The lowest BCUT2D eigenvalue weighted by atomic mass is 9.93. The lowest BCUT2D eigenvalue weighted by Crippen LogP contribution is -2.45. The second-order valence-electron chi connectivity index (χ2n) is 28.0. The van der Waals surface area contributed by atoms with Gasteiger partial charge in [0.1, 0.15) is 28.2 Å². The molecule has 4 fully saturated rings. The van der Waals surface area contributed by atoms with Gasteiger partial charge >= 0.3 is 6.09 Å². The predicted molar refractivity (Wildman–Crippen MR) is 350 cm³/mol. The molecular formula is C65H87ClN14O10S2. The average molecular weight is 1320 g/mol. The highest BCUT2D eigenvalue weighted by atomic mass is 35.5. The van der Waals surface area contributed by atoms with E-state index in [4.69, 9.17) is 30.8 Å². The van der Waals surface area contributed by atoms with Gasteiger partial charge in [-0.25, -0.2) is 43.5 Å². The molecule has 4 bridgehead atoms. The standard InChI is InChI=1S/C35H48ClN7O6S.C30H39N7O4S/c1-33(2,3)49-32(45)42-23-24(22-34(42,4)5)10-7-8-19-37-26-11-9-12-29(38-26)50(46,47)41-31(44)25-13-14-27(39-30(25)36)43-20-15-28(40-43)48-21-18-35(6)16-17-35;1-29(2)19-21-7-4-5-16-31-23-8-6-9-26(32-23)42(39,40)35-28(38)22-10-11-24(33-27(22)36(29)20-21)37-17-12-25(34-37)41-18-15-30(3)13-14-30/h9,11-15,20,24H,7-8,10,16-19,21-23H2,1-6H3,(H,37,38)(H,41,44);6,8-12,17,21H,4-5,7,13-16,18-20H2,1-3H3,(H,31,32)(H,35,38). The van der Waals surface area contributed by atoms with Crippen LogP contribution in [0.2, 0.25) is 5.15 Å². The minimum Gasteiger partial charge on any atom is -0.477 e. The molecule has 9 heterocycles. The van der Waals surface area contributed by atoms with Crippen LogP contribution in [0.15, 0.2) is 95.2 Å². The molecule has 24 nitrogen and oxygen atoms in total. The number of amides is 3. The van der Waals surface area contributed by atoms with E-state index in [0.29, 0.717) is 96.4 Å². The van der Waals surface area contributed by atoms with Crippen LogP contribution in [0.3, 0.4) is 0 Å². The van der Waals surface area contributed by atoms with E-state index >= 15 is 0 Å². The number of aromatic nitrogens is 8. The van der Waals surface area contributed by atoms with Gasteiger partial charge in [0, 0.05) is 61.8 Å². The number of nitrogens with zero attached hydrogens (tertiary/aromatic N) is 10. The second-order valence-corrected chi connectivity index (χ2v) is 31.6. The zero-order valence-corrected chi connectivity index (χ0v) is 56.5. The largest absolute Gasteiger partial charge is 0.477 e. The van der Waals surface area contributed by atoms with Crippen molar-refractivity contribution < 1.29 is 45.4 Å². The maximum Gasteiger partial charge on any atom is 0.410 e. The maximum absolute atomic E-state index is 13.6. The van der Waals surface area contributed by atoms with E-state index in [9.17, 15) is 31.2 Å². The van der Waals surface area contributed by atoms with E-state index in [2.05, 4.69) is 86.9 Å². The zero-order chi connectivity index (χ0) is 65.9. The highest BCUT2D eigenvalue weighted by Crippen LogP contribution is 2.49. The first-order chi connectivity index (χ1) is 43.4. The minimum atomic E-state index is -4.32. The van der Waals surface area contributed by atoms with Gasteiger partial charge in [-0.3, -0.25) is 9.59 Å². The van der Waals surface area contributed by atoms with Crippen molar-refractivity contribution in [3.05, 3.63) is 101 Å². The van der Waals surface area contributed by atoms with Crippen LogP contribution in [-0.4, -0.2) is 135 Å². The molecule has 4 N–H and O–H groups in total. The number of anilines is 3. The predicted octanol–water partition coefficient (Wildman–Crippen LogP) is 11.2. The molecule has 0 spiro atoms. The summed E-state index contributed by atoms with van der Waals surface area (Å²) in [5.74, 6) is 2.18. The Bertz CT molecular complexity index is 3880. The number of ether oxygens (including phenoxy) is 3. The van der Waals surface area contributed by atoms with Crippen LogP contribution in [0.4, 0.5) is 22.2 Å². The Labute approximate surface area is 544 Å². The fourth-order valence-electron chi connectivity index (χ4n) is 11.9. The van der Waals surface area contributed by atoms with Gasteiger partial charge in [0.25, 0.3) is 31.9 Å². The number of rotatable bonds is 19. The van der Waals surface area contributed by atoms with Crippen molar-refractivity contribution in [1.82, 2.24) is 53.8 Å². The van der Waals surface area contributed by atoms with Crippen molar-refractivity contribution in [1.29, 1.82) is 0 Å². The van der Waals surface area contributed by atoms with Gasteiger partial charge in [0.15, 0.2) is 21.7 Å². The number of nitrogens with one attached hydrogen (secondary N) is 4. The van der Waals surface area contributed by atoms with Gasteiger partial charge in [-0.05, 0) is 197 Å². The molecule has 11 rings (SSSR count). The quantitative estimate of drug-likeness (QED) is 0.0433. The normalized spacial score (nSPS) is 20.1. The van der Waals surface area contributed by atoms with Gasteiger partial charge < -0.3 is 34.6 Å². The zero-order valence-electron chi connectivity index (χ0n) is 54.1. The topological polar surface area (TPSA) is 289 Å². The molecule has 0 radical (unpaired) electrons. The summed E-state index contributed by atoms with van der Waals surface area (Å²) in [6.45, 7) is 22.4. The number of unbranched alkanes of at least 4 members (excludes halogenated alkanes) is 1.